The highest BCUT2D eigenvalue weighted by atomic mass is 35.5. The molecule has 0 unspecified atom stereocenters. The quantitative estimate of drug-likeness (QED) is 0.821. The molecule has 0 bridgehead atoms. The second kappa shape index (κ2) is 6.46. The Morgan fingerprint density at radius 1 is 1.04 bits per heavy atom. The number of carbonyl (C=O) groups excluding carboxylic acids is 2. The van der Waals surface area contributed by atoms with Crippen molar-refractivity contribution in [1.29, 1.82) is 0 Å². The van der Waals surface area contributed by atoms with Gasteiger partial charge < -0.3 is 5.32 Å². The molecule has 24 heavy (non-hydrogen) atoms. The van der Waals surface area contributed by atoms with Crippen molar-refractivity contribution in [1.82, 2.24) is 10.2 Å². The van der Waals surface area contributed by atoms with E-state index in [1.54, 1.807) is 42.5 Å². The summed E-state index contributed by atoms with van der Waals surface area (Å²) in [5.74, 6) is -0.266. The number of hydrogen-bond acceptors (Lipinski definition) is 2. The van der Waals surface area contributed by atoms with Gasteiger partial charge in [-0.15, -0.1) is 0 Å². The zero-order valence-electron chi connectivity index (χ0n) is 13.1. The van der Waals surface area contributed by atoms with E-state index in [1.807, 2.05) is 13.0 Å². The van der Waals surface area contributed by atoms with Gasteiger partial charge in [0.25, 0.3) is 5.91 Å². The lowest BCUT2D eigenvalue weighted by Gasteiger charge is -2.26. The van der Waals surface area contributed by atoms with E-state index >= 15 is 0 Å². The first-order chi connectivity index (χ1) is 11.5. The predicted octanol–water partition coefficient (Wildman–Crippen LogP) is 4.35. The molecule has 1 atom stereocenters. The average Bonchev–Trinajstić information content (AvgIpc) is 2.81. The summed E-state index contributed by atoms with van der Waals surface area (Å²) in [5.41, 5.74) is 0.468. The molecule has 1 aliphatic rings. The van der Waals surface area contributed by atoms with E-state index < -0.39 is 11.6 Å². The number of nitrogens with one attached hydrogen (secondary N) is 1. The fourth-order valence-electron chi connectivity index (χ4n) is 2.96. The van der Waals surface area contributed by atoms with E-state index in [9.17, 15) is 9.59 Å². The van der Waals surface area contributed by atoms with Crippen LogP contribution in [0, 0.1) is 0 Å². The first-order valence-electron chi connectivity index (χ1n) is 7.61. The van der Waals surface area contributed by atoms with E-state index in [4.69, 9.17) is 23.2 Å². The Morgan fingerprint density at radius 2 is 1.75 bits per heavy atom. The SMILES string of the molecule is CC[C@]1(c2ccc(Cl)cc2)NC(=O)N(Cc2cccc(Cl)c2)C1=O. The van der Waals surface area contributed by atoms with Crippen LogP contribution in [0.3, 0.4) is 0 Å². The minimum absolute atomic E-state index is 0.181. The van der Waals surface area contributed by atoms with Crippen LogP contribution in [0.1, 0.15) is 24.5 Å². The van der Waals surface area contributed by atoms with Crippen LogP contribution in [0.5, 0.6) is 0 Å². The van der Waals surface area contributed by atoms with Crippen molar-refractivity contribution in [2.24, 2.45) is 0 Å². The van der Waals surface area contributed by atoms with Crippen molar-refractivity contribution in [3.05, 3.63) is 69.7 Å². The van der Waals surface area contributed by atoms with Crippen molar-refractivity contribution in [3.8, 4) is 0 Å². The summed E-state index contributed by atoms with van der Waals surface area (Å²) in [5, 5.41) is 4.00. The molecule has 1 aliphatic heterocycles. The molecular weight excluding hydrogens is 347 g/mol. The maximum atomic E-state index is 13.0. The van der Waals surface area contributed by atoms with E-state index in [1.165, 1.54) is 4.90 Å². The average molecular weight is 363 g/mol. The third kappa shape index (κ3) is 2.87. The fraction of sp³-hybridized carbons (Fsp3) is 0.222. The summed E-state index contributed by atoms with van der Waals surface area (Å²) >= 11 is 11.9. The highest BCUT2D eigenvalue weighted by Gasteiger charge is 2.51. The number of carbonyl (C=O) groups is 2. The zero-order valence-corrected chi connectivity index (χ0v) is 14.6. The molecule has 124 valence electrons. The number of imide groups is 1. The summed E-state index contributed by atoms with van der Waals surface area (Å²) in [6, 6.07) is 13.7. The van der Waals surface area contributed by atoms with Gasteiger partial charge in [-0.1, -0.05) is 54.4 Å². The summed E-state index contributed by atoms with van der Waals surface area (Å²) in [6.07, 6.45) is 0.450. The summed E-state index contributed by atoms with van der Waals surface area (Å²) in [6.45, 7) is 2.05. The van der Waals surface area contributed by atoms with Gasteiger partial charge in [-0.05, 0) is 41.8 Å². The number of amides is 3. The van der Waals surface area contributed by atoms with Gasteiger partial charge in [-0.3, -0.25) is 9.69 Å². The molecular formula is C18H16Cl2N2O2. The van der Waals surface area contributed by atoms with Gasteiger partial charge in [0.1, 0.15) is 5.54 Å². The molecule has 0 saturated carbocycles. The molecule has 3 rings (SSSR count). The van der Waals surface area contributed by atoms with E-state index in [0.717, 1.165) is 11.1 Å². The molecule has 0 spiro atoms. The predicted molar refractivity (Wildman–Crippen MR) is 94.0 cm³/mol. The van der Waals surface area contributed by atoms with Gasteiger partial charge in [0.2, 0.25) is 0 Å². The van der Waals surface area contributed by atoms with Gasteiger partial charge in [0, 0.05) is 10.0 Å². The topological polar surface area (TPSA) is 49.4 Å². The third-order valence-corrected chi connectivity index (χ3v) is 4.76. The molecule has 1 heterocycles. The Hall–Kier alpha value is -2.04. The molecule has 2 aromatic carbocycles. The molecule has 1 N–H and O–H groups in total. The molecule has 2 aromatic rings. The summed E-state index contributed by atoms with van der Waals surface area (Å²) in [7, 11) is 0. The molecule has 4 nitrogen and oxygen atoms in total. The molecule has 1 saturated heterocycles. The fourth-order valence-corrected chi connectivity index (χ4v) is 3.30. The molecule has 0 aromatic heterocycles. The van der Waals surface area contributed by atoms with Crippen LogP contribution in [0.15, 0.2) is 48.5 Å². The summed E-state index contributed by atoms with van der Waals surface area (Å²) in [4.78, 5) is 26.7. The van der Waals surface area contributed by atoms with Crippen molar-refractivity contribution < 1.29 is 9.59 Å². The highest BCUT2D eigenvalue weighted by molar-refractivity contribution is 6.30. The van der Waals surface area contributed by atoms with Crippen molar-refractivity contribution in [2.75, 3.05) is 0 Å². The second-order valence-electron chi connectivity index (χ2n) is 5.72. The maximum absolute atomic E-state index is 13.0. The van der Waals surface area contributed by atoms with Crippen LogP contribution in [0.4, 0.5) is 4.79 Å². The van der Waals surface area contributed by atoms with Crippen LogP contribution in [-0.4, -0.2) is 16.8 Å². The number of hydrogen-bond donors (Lipinski definition) is 1. The van der Waals surface area contributed by atoms with Crippen molar-refractivity contribution in [2.45, 2.75) is 25.4 Å². The lowest BCUT2D eigenvalue weighted by atomic mass is 9.87. The van der Waals surface area contributed by atoms with Crippen LogP contribution >= 0.6 is 23.2 Å². The zero-order chi connectivity index (χ0) is 17.3. The van der Waals surface area contributed by atoms with Gasteiger partial charge in [-0.2, -0.15) is 0 Å². The van der Waals surface area contributed by atoms with E-state index in [2.05, 4.69) is 5.32 Å². The Kier molecular flexibility index (Phi) is 4.52. The largest absolute Gasteiger partial charge is 0.325 e. The van der Waals surface area contributed by atoms with Crippen molar-refractivity contribution >= 4 is 35.1 Å². The highest BCUT2D eigenvalue weighted by Crippen LogP contribution is 2.33. The van der Waals surface area contributed by atoms with Gasteiger partial charge in [0.15, 0.2) is 0 Å². The van der Waals surface area contributed by atoms with E-state index in [0.29, 0.717) is 16.5 Å². The van der Waals surface area contributed by atoms with Gasteiger partial charge in [-0.25, -0.2) is 4.79 Å². The number of urea groups is 1. The minimum atomic E-state index is -1.06. The van der Waals surface area contributed by atoms with Gasteiger partial charge >= 0.3 is 6.03 Å². The Labute approximate surface area is 150 Å². The Morgan fingerprint density at radius 3 is 2.38 bits per heavy atom. The van der Waals surface area contributed by atoms with Crippen LogP contribution in [0.2, 0.25) is 10.0 Å². The monoisotopic (exact) mass is 362 g/mol. The third-order valence-electron chi connectivity index (χ3n) is 4.27. The Bertz CT molecular complexity index is 792. The first kappa shape index (κ1) is 16.8. The minimum Gasteiger partial charge on any atom is -0.319 e. The molecule has 0 aliphatic carbocycles. The molecule has 6 heteroatoms. The number of halogens is 2. The second-order valence-corrected chi connectivity index (χ2v) is 6.59. The number of rotatable bonds is 4. The summed E-state index contributed by atoms with van der Waals surface area (Å²) < 4.78 is 0. The number of nitrogens with zero attached hydrogens (tertiary/aromatic N) is 1. The lowest BCUT2D eigenvalue weighted by molar-refractivity contribution is -0.132. The van der Waals surface area contributed by atoms with Crippen LogP contribution < -0.4 is 5.32 Å². The molecule has 1 fully saturated rings. The Balaban J connectivity index is 1.93. The maximum Gasteiger partial charge on any atom is 0.325 e. The lowest BCUT2D eigenvalue weighted by Crippen LogP contribution is -2.43. The smallest absolute Gasteiger partial charge is 0.319 e. The van der Waals surface area contributed by atoms with Crippen LogP contribution in [-0.2, 0) is 16.9 Å². The normalized spacial score (nSPS) is 20.4. The number of benzene rings is 2. The standard InChI is InChI=1S/C18H16Cl2N2O2/c1-2-18(13-6-8-14(19)9-7-13)16(23)22(17(24)21-18)11-12-4-3-5-15(20)10-12/h3-10H,2,11H2,1H3,(H,21,24)/t18-/m1/s1. The molecule has 0 radical (unpaired) electrons. The van der Waals surface area contributed by atoms with Crippen molar-refractivity contribution in [3.63, 3.8) is 0 Å². The van der Waals surface area contributed by atoms with Crippen LogP contribution in [0.25, 0.3) is 0 Å². The van der Waals surface area contributed by atoms with E-state index in [-0.39, 0.29) is 12.5 Å². The first-order valence-corrected chi connectivity index (χ1v) is 8.36. The molecule has 3 amide bonds. The van der Waals surface area contributed by atoms with Gasteiger partial charge in [0.05, 0.1) is 6.54 Å².